The second-order valence-corrected chi connectivity index (χ2v) is 6.66. The Labute approximate surface area is 143 Å². The number of rotatable bonds is 5. The Balaban J connectivity index is 2.15. The molecule has 0 aliphatic rings. The zero-order valence-corrected chi connectivity index (χ0v) is 14.5. The van der Waals surface area contributed by atoms with Gasteiger partial charge in [-0.25, -0.2) is 0 Å². The second kappa shape index (κ2) is 7.02. The van der Waals surface area contributed by atoms with E-state index < -0.39 is 12.0 Å². The van der Waals surface area contributed by atoms with Gasteiger partial charge in [-0.2, -0.15) is 0 Å². The third-order valence-corrected chi connectivity index (χ3v) is 4.81. The summed E-state index contributed by atoms with van der Waals surface area (Å²) in [7, 11) is 0. The molecule has 0 spiro atoms. The third-order valence-electron chi connectivity index (χ3n) is 3.38. The number of anilines is 1. The Morgan fingerprint density at radius 2 is 1.96 bits per heavy atom. The number of para-hydroxylation sites is 1. The van der Waals surface area contributed by atoms with Crippen LogP contribution >= 0.6 is 22.9 Å². The van der Waals surface area contributed by atoms with Crippen LogP contribution in [-0.2, 0) is 4.79 Å². The summed E-state index contributed by atoms with van der Waals surface area (Å²) in [5.74, 6) is -0.527. The fourth-order valence-electron chi connectivity index (χ4n) is 2.01. The van der Waals surface area contributed by atoms with Crippen LogP contribution in [0.15, 0.2) is 24.3 Å². The molecule has 0 fully saturated rings. The van der Waals surface area contributed by atoms with Crippen molar-refractivity contribution in [1.29, 1.82) is 0 Å². The Bertz CT molecular complexity index is 758. The van der Waals surface area contributed by atoms with Crippen LogP contribution in [0.4, 0.5) is 5.00 Å². The minimum atomic E-state index is -0.779. The lowest BCUT2D eigenvalue weighted by atomic mass is 10.1. The predicted octanol–water partition coefficient (Wildman–Crippen LogP) is 3.52. The van der Waals surface area contributed by atoms with E-state index in [-0.39, 0.29) is 5.91 Å². The van der Waals surface area contributed by atoms with Crippen molar-refractivity contribution >= 4 is 39.8 Å². The summed E-state index contributed by atoms with van der Waals surface area (Å²) in [4.78, 5) is 24.8. The number of nitrogens with one attached hydrogen (secondary N) is 1. The molecule has 1 atom stereocenters. The number of nitrogens with two attached hydrogens (primary N) is 1. The normalized spacial score (nSPS) is 11.8. The van der Waals surface area contributed by atoms with E-state index in [2.05, 4.69) is 5.32 Å². The molecule has 0 unspecified atom stereocenters. The van der Waals surface area contributed by atoms with E-state index in [1.807, 2.05) is 6.92 Å². The summed E-state index contributed by atoms with van der Waals surface area (Å²) >= 11 is 7.32. The van der Waals surface area contributed by atoms with Crippen molar-refractivity contribution < 1.29 is 14.3 Å². The molecule has 7 heteroatoms. The van der Waals surface area contributed by atoms with Crippen LogP contribution in [0.3, 0.4) is 0 Å². The van der Waals surface area contributed by atoms with Crippen LogP contribution in [0, 0.1) is 13.8 Å². The van der Waals surface area contributed by atoms with Crippen LogP contribution in [0.1, 0.15) is 27.7 Å². The predicted molar refractivity (Wildman–Crippen MR) is 92.5 cm³/mol. The highest BCUT2D eigenvalue weighted by molar-refractivity contribution is 7.16. The van der Waals surface area contributed by atoms with Crippen LogP contribution in [0.2, 0.25) is 5.02 Å². The molecule has 2 amide bonds. The largest absolute Gasteiger partial charge is 0.479 e. The standard InChI is InChI=1S/C16H17ClN2O3S/c1-8-10(3)23-16(13(8)14(18)20)19-15(21)9(2)22-12-7-5-4-6-11(12)17/h4-7,9H,1-3H3,(H2,18,20)(H,19,21)/t9-/m0/s1. The fraction of sp³-hybridized carbons (Fsp3) is 0.250. The Morgan fingerprint density at radius 1 is 1.30 bits per heavy atom. The first-order valence-corrected chi connectivity index (χ1v) is 8.12. The van der Waals surface area contributed by atoms with Gasteiger partial charge in [-0.1, -0.05) is 23.7 Å². The number of carbonyl (C=O) groups is 2. The van der Waals surface area contributed by atoms with E-state index in [1.54, 1.807) is 38.1 Å². The van der Waals surface area contributed by atoms with Crippen molar-refractivity contribution in [2.24, 2.45) is 5.73 Å². The van der Waals surface area contributed by atoms with E-state index in [0.29, 0.717) is 21.3 Å². The maximum Gasteiger partial charge on any atom is 0.265 e. The van der Waals surface area contributed by atoms with Crippen molar-refractivity contribution in [2.45, 2.75) is 26.9 Å². The topological polar surface area (TPSA) is 81.4 Å². The summed E-state index contributed by atoms with van der Waals surface area (Å²) in [6, 6.07) is 6.90. The van der Waals surface area contributed by atoms with Crippen molar-refractivity contribution in [3.63, 3.8) is 0 Å². The monoisotopic (exact) mass is 352 g/mol. The van der Waals surface area contributed by atoms with Crippen molar-refractivity contribution in [3.8, 4) is 5.75 Å². The Morgan fingerprint density at radius 3 is 2.57 bits per heavy atom. The maximum absolute atomic E-state index is 12.3. The number of primary amides is 1. The highest BCUT2D eigenvalue weighted by Gasteiger charge is 2.22. The molecule has 2 aromatic rings. The van der Waals surface area contributed by atoms with E-state index >= 15 is 0 Å². The summed E-state index contributed by atoms with van der Waals surface area (Å²) < 4.78 is 5.56. The lowest BCUT2D eigenvalue weighted by molar-refractivity contribution is -0.122. The van der Waals surface area contributed by atoms with Gasteiger partial charge in [0, 0.05) is 4.88 Å². The van der Waals surface area contributed by atoms with Gasteiger partial charge in [0.1, 0.15) is 10.8 Å². The molecule has 23 heavy (non-hydrogen) atoms. The van der Waals surface area contributed by atoms with Gasteiger partial charge in [-0.15, -0.1) is 11.3 Å². The summed E-state index contributed by atoms with van der Waals surface area (Å²) in [6.45, 7) is 5.27. The number of aryl methyl sites for hydroxylation is 1. The molecule has 0 saturated heterocycles. The number of hydrogen-bond donors (Lipinski definition) is 2. The summed E-state index contributed by atoms with van der Waals surface area (Å²) in [5.41, 5.74) is 6.51. The SMILES string of the molecule is Cc1sc(NC(=O)[C@H](C)Oc2ccccc2Cl)c(C(N)=O)c1C. The minimum absolute atomic E-state index is 0.339. The second-order valence-electron chi connectivity index (χ2n) is 5.03. The smallest absolute Gasteiger partial charge is 0.265 e. The molecule has 0 saturated carbocycles. The van der Waals surface area contributed by atoms with Crippen molar-refractivity contribution in [3.05, 3.63) is 45.3 Å². The van der Waals surface area contributed by atoms with Crippen LogP contribution in [0.5, 0.6) is 5.75 Å². The number of carbonyl (C=O) groups excluding carboxylic acids is 2. The highest BCUT2D eigenvalue weighted by Crippen LogP contribution is 2.32. The molecule has 2 rings (SSSR count). The highest BCUT2D eigenvalue weighted by atomic mass is 35.5. The zero-order valence-electron chi connectivity index (χ0n) is 13.0. The van der Waals surface area contributed by atoms with Crippen molar-refractivity contribution in [1.82, 2.24) is 0 Å². The molecule has 1 heterocycles. The first kappa shape index (κ1) is 17.3. The molecule has 0 radical (unpaired) electrons. The molecule has 0 aliphatic heterocycles. The van der Waals surface area contributed by atoms with E-state index in [9.17, 15) is 9.59 Å². The van der Waals surface area contributed by atoms with E-state index in [0.717, 1.165) is 10.4 Å². The molecule has 0 aliphatic carbocycles. The van der Waals surface area contributed by atoms with Crippen LogP contribution < -0.4 is 15.8 Å². The first-order chi connectivity index (χ1) is 10.8. The van der Waals surface area contributed by atoms with Gasteiger partial charge in [0.05, 0.1) is 10.6 Å². The number of ether oxygens (including phenoxy) is 1. The van der Waals surface area contributed by atoms with Gasteiger partial charge in [-0.05, 0) is 38.5 Å². The molecule has 3 N–H and O–H groups in total. The van der Waals surface area contributed by atoms with E-state index in [1.165, 1.54) is 11.3 Å². The minimum Gasteiger partial charge on any atom is -0.479 e. The maximum atomic E-state index is 12.3. The number of amides is 2. The summed E-state index contributed by atoms with van der Waals surface area (Å²) in [6.07, 6.45) is -0.779. The molecule has 0 bridgehead atoms. The third kappa shape index (κ3) is 3.83. The number of benzene rings is 1. The average molecular weight is 353 g/mol. The average Bonchev–Trinajstić information content (AvgIpc) is 2.76. The molecule has 5 nitrogen and oxygen atoms in total. The van der Waals surface area contributed by atoms with Crippen LogP contribution in [0.25, 0.3) is 0 Å². The van der Waals surface area contributed by atoms with E-state index in [4.69, 9.17) is 22.1 Å². The molecular formula is C16H17ClN2O3S. The van der Waals surface area contributed by atoms with Gasteiger partial charge in [0.2, 0.25) is 0 Å². The lowest BCUT2D eigenvalue weighted by Gasteiger charge is -2.15. The van der Waals surface area contributed by atoms with Crippen molar-refractivity contribution in [2.75, 3.05) is 5.32 Å². The molecule has 122 valence electrons. The zero-order chi connectivity index (χ0) is 17.1. The Hall–Kier alpha value is -2.05. The molecular weight excluding hydrogens is 336 g/mol. The van der Waals surface area contributed by atoms with Gasteiger partial charge in [0.15, 0.2) is 6.10 Å². The number of thiophene rings is 1. The van der Waals surface area contributed by atoms with Gasteiger partial charge in [0.25, 0.3) is 11.8 Å². The van der Waals surface area contributed by atoms with Crippen LogP contribution in [-0.4, -0.2) is 17.9 Å². The lowest BCUT2D eigenvalue weighted by Crippen LogP contribution is -2.30. The molecule has 1 aromatic heterocycles. The quantitative estimate of drug-likeness (QED) is 0.863. The van der Waals surface area contributed by atoms with Gasteiger partial charge < -0.3 is 15.8 Å². The number of hydrogen-bond acceptors (Lipinski definition) is 4. The fourth-order valence-corrected chi connectivity index (χ4v) is 3.26. The summed E-state index contributed by atoms with van der Waals surface area (Å²) in [5, 5.41) is 3.56. The van der Waals surface area contributed by atoms with Gasteiger partial charge in [-0.3, -0.25) is 9.59 Å². The molecule has 1 aromatic carbocycles. The Kier molecular flexibility index (Phi) is 5.28. The first-order valence-electron chi connectivity index (χ1n) is 6.93. The number of halogens is 1. The van der Waals surface area contributed by atoms with Gasteiger partial charge >= 0.3 is 0 Å².